The van der Waals surface area contributed by atoms with Crippen molar-refractivity contribution in [1.82, 2.24) is 0 Å². The molecule has 0 heterocycles. The van der Waals surface area contributed by atoms with Crippen molar-refractivity contribution < 1.29 is 9.53 Å². The van der Waals surface area contributed by atoms with E-state index >= 15 is 0 Å². The quantitative estimate of drug-likeness (QED) is 0.701. The van der Waals surface area contributed by atoms with Gasteiger partial charge in [-0.25, -0.2) is 4.79 Å². The minimum atomic E-state index is -0.600. The highest BCUT2D eigenvalue weighted by Crippen LogP contribution is 2.31. The summed E-state index contributed by atoms with van der Waals surface area (Å²) in [6, 6.07) is 15.0. The fraction of sp³-hybridized carbons (Fsp3) is 0.0556. The third-order valence-electron chi connectivity index (χ3n) is 3.14. The first-order valence-electron chi connectivity index (χ1n) is 6.82. The number of aryl methyl sites for hydroxylation is 1. The van der Waals surface area contributed by atoms with Gasteiger partial charge in [0.15, 0.2) is 0 Å². The molecule has 0 unspecified atom stereocenters. The molecule has 0 aromatic heterocycles. The maximum atomic E-state index is 11.3. The molecule has 0 aliphatic heterocycles. The van der Waals surface area contributed by atoms with Gasteiger partial charge in [-0.2, -0.15) is 0 Å². The molecule has 118 valence electrons. The first kappa shape index (κ1) is 17.1. The van der Waals surface area contributed by atoms with E-state index < -0.39 is 6.09 Å². The highest BCUT2D eigenvalue weighted by Gasteiger charge is 2.10. The Labute approximate surface area is 145 Å². The second-order valence-corrected chi connectivity index (χ2v) is 5.73. The summed E-state index contributed by atoms with van der Waals surface area (Å²) in [5.74, 6) is 0. The Kier molecular flexibility index (Phi) is 5.85. The Morgan fingerprint density at radius 1 is 1.04 bits per heavy atom. The summed E-state index contributed by atoms with van der Waals surface area (Å²) in [7, 11) is 0. The van der Waals surface area contributed by atoms with E-state index in [-0.39, 0.29) is 4.49 Å². The molecule has 5 heteroatoms. The number of ether oxygens (including phenoxy) is 1. The lowest BCUT2D eigenvalue weighted by atomic mass is 9.98. The van der Waals surface area contributed by atoms with Gasteiger partial charge < -0.3 is 4.74 Å². The van der Waals surface area contributed by atoms with Crippen LogP contribution in [-0.4, -0.2) is 6.09 Å². The predicted octanol–water partition coefficient (Wildman–Crippen LogP) is 5.88. The maximum absolute atomic E-state index is 11.3. The summed E-state index contributed by atoms with van der Waals surface area (Å²) in [6.07, 6.45) is 0.465. The van der Waals surface area contributed by atoms with Crippen LogP contribution in [0.1, 0.15) is 16.7 Å². The first-order chi connectivity index (χ1) is 11.0. The molecule has 2 aromatic rings. The molecule has 0 aliphatic carbocycles. The molecule has 2 rings (SSSR count). The molecule has 0 radical (unpaired) electrons. The molecule has 2 aromatic carbocycles. The van der Waals surface area contributed by atoms with Gasteiger partial charge in [-0.15, -0.1) is 0 Å². The monoisotopic (exact) mass is 347 g/mol. The third kappa shape index (κ3) is 4.62. The van der Waals surface area contributed by atoms with Crippen molar-refractivity contribution in [3.8, 4) is 0 Å². The maximum Gasteiger partial charge on any atom is 0.416 e. The highest BCUT2D eigenvalue weighted by molar-refractivity contribution is 6.59. The van der Waals surface area contributed by atoms with Gasteiger partial charge in [0.2, 0.25) is 0 Å². The van der Waals surface area contributed by atoms with Gasteiger partial charge >= 0.3 is 6.09 Å². The van der Waals surface area contributed by atoms with E-state index in [9.17, 15) is 4.79 Å². The molecule has 0 aliphatic rings. The normalized spacial score (nSPS) is 9.87. The largest absolute Gasteiger partial charge is 0.419 e. The van der Waals surface area contributed by atoms with E-state index in [0.717, 1.165) is 28.5 Å². The van der Waals surface area contributed by atoms with E-state index in [4.69, 9.17) is 23.2 Å². The molecule has 0 bridgehead atoms. The molecular weight excluding hydrogens is 333 g/mol. The second kappa shape index (κ2) is 7.86. The zero-order chi connectivity index (χ0) is 16.8. The number of nitrogens with one attached hydrogen (secondary N) is 1. The summed E-state index contributed by atoms with van der Waals surface area (Å²) in [6.45, 7) is 5.33. The van der Waals surface area contributed by atoms with Crippen molar-refractivity contribution in [2.75, 3.05) is 5.32 Å². The van der Waals surface area contributed by atoms with Crippen LogP contribution in [-0.2, 0) is 4.74 Å². The van der Waals surface area contributed by atoms with E-state index in [1.54, 1.807) is 12.1 Å². The van der Waals surface area contributed by atoms with Crippen LogP contribution in [0.4, 0.5) is 10.5 Å². The Bertz CT molecular complexity index is 731. The van der Waals surface area contributed by atoms with Crippen LogP contribution in [0, 0.1) is 6.92 Å². The van der Waals surface area contributed by atoms with Gasteiger partial charge in [0, 0.05) is 11.3 Å². The Balaban J connectivity index is 2.28. The summed E-state index contributed by atoms with van der Waals surface area (Å²) in [4.78, 5) is 11.3. The van der Waals surface area contributed by atoms with Crippen molar-refractivity contribution in [3.63, 3.8) is 0 Å². The lowest BCUT2D eigenvalue weighted by molar-refractivity contribution is 0.201. The standard InChI is InChI=1S/C18H15Cl2NO2/c1-3-23-18(22)21-15-10-8-14(9-11-15)16(17(19)20)13-6-4-12(2)5-7-13/h3-11H,1H2,2H3,(H,21,22). The van der Waals surface area contributed by atoms with Gasteiger partial charge in [-0.3, -0.25) is 5.32 Å². The molecule has 1 amide bonds. The zero-order valence-corrected chi connectivity index (χ0v) is 14.0. The van der Waals surface area contributed by atoms with Crippen molar-refractivity contribution in [1.29, 1.82) is 0 Å². The van der Waals surface area contributed by atoms with E-state index in [1.165, 1.54) is 0 Å². The lowest BCUT2D eigenvalue weighted by Gasteiger charge is -2.10. The summed E-state index contributed by atoms with van der Waals surface area (Å²) in [5, 5.41) is 2.57. The van der Waals surface area contributed by atoms with Crippen LogP contribution in [0.15, 0.2) is 65.9 Å². The smallest absolute Gasteiger partial charge is 0.416 e. The zero-order valence-electron chi connectivity index (χ0n) is 12.5. The number of benzene rings is 2. The average Bonchev–Trinajstić information content (AvgIpc) is 2.51. The van der Waals surface area contributed by atoms with Crippen LogP contribution in [0.25, 0.3) is 5.57 Å². The third-order valence-corrected chi connectivity index (χ3v) is 3.52. The molecule has 0 saturated heterocycles. The van der Waals surface area contributed by atoms with Gasteiger partial charge in [0.05, 0.1) is 6.26 Å². The topological polar surface area (TPSA) is 38.3 Å². The predicted molar refractivity (Wildman–Crippen MR) is 95.6 cm³/mol. The Morgan fingerprint density at radius 3 is 2.04 bits per heavy atom. The number of hydrogen-bond acceptors (Lipinski definition) is 2. The molecule has 0 atom stereocenters. The minimum Gasteiger partial charge on any atom is -0.419 e. The van der Waals surface area contributed by atoms with E-state index in [2.05, 4.69) is 16.6 Å². The van der Waals surface area contributed by atoms with Crippen molar-refractivity contribution >= 4 is 40.6 Å². The molecule has 23 heavy (non-hydrogen) atoms. The van der Waals surface area contributed by atoms with Gasteiger partial charge in [-0.1, -0.05) is 71.7 Å². The number of carbonyl (C=O) groups is 1. The molecule has 1 N–H and O–H groups in total. The van der Waals surface area contributed by atoms with Crippen molar-refractivity contribution in [2.45, 2.75) is 6.92 Å². The van der Waals surface area contributed by atoms with Crippen LogP contribution in [0.3, 0.4) is 0 Å². The number of amides is 1. The van der Waals surface area contributed by atoms with Crippen LogP contribution < -0.4 is 5.32 Å². The fourth-order valence-electron chi connectivity index (χ4n) is 2.05. The van der Waals surface area contributed by atoms with Crippen LogP contribution in [0.5, 0.6) is 0 Å². The van der Waals surface area contributed by atoms with Gasteiger partial charge in [0.25, 0.3) is 0 Å². The second-order valence-electron chi connectivity index (χ2n) is 4.78. The summed E-state index contributed by atoms with van der Waals surface area (Å²) in [5.41, 5.74) is 4.24. The van der Waals surface area contributed by atoms with E-state index in [1.807, 2.05) is 43.3 Å². The number of carbonyl (C=O) groups excluding carboxylic acids is 1. The summed E-state index contributed by atoms with van der Waals surface area (Å²) < 4.78 is 4.79. The molecule has 0 spiro atoms. The minimum absolute atomic E-state index is 0.181. The van der Waals surface area contributed by atoms with Gasteiger partial charge in [0.1, 0.15) is 4.49 Å². The molecule has 0 saturated carbocycles. The number of halogens is 2. The Morgan fingerprint density at radius 2 is 1.57 bits per heavy atom. The number of hydrogen-bond donors (Lipinski definition) is 1. The Hall–Kier alpha value is -2.23. The van der Waals surface area contributed by atoms with Crippen molar-refractivity contribution in [3.05, 3.63) is 82.6 Å². The number of rotatable bonds is 4. The highest BCUT2D eigenvalue weighted by atomic mass is 35.5. The SMILES string of the molecule is C=COC(=O)Nc1ccc(C(=C(Cl)Cl)c2ccc(C)cc2)cc1. The number of anilines is 1. The van der Waals surface area contributed by atoms with Crippen LogP contribution >= 0.6 is 23.2 Å². The first-order valence-corrected chi connectivity index (χ1v) is 7.58. The molecule has 0 fully saturated rings. The van der Waals surface area contributed by atoms with Crippen LogP contribution in [0.2, 0.25) is 0 Å². The molecular formula is C18H15Cl2NO2. The average molecular weight is 348 g/mol. The van der Waals surface area contributed by atoms with E-state index in [0.29, 0.717) is 5.69 Å². The summed E-state index contributed by atoms with van der Waals surface area (Å²) >= 11 is 12.1. The fourth-order valence-corrected chi connectivity index (χ4v) is 2.48. The molecule has 3 nitrogen and oxygen atoms in total. The lowest BCUT2D eigenvalue weighted by Crippen LogP contribution is -2.10. The van der Waals surface area contributed by atoms with Gasteiger partial charge in [-0.05, 0) is 30.2 Å². The van der Waals surface area contributed by atoms with Crippen molar-refractivity contribution in [2.24, 2.45) is 0 Å².